The van der Waals surface area contributed by atoms with Gasteiger partial charge in [0.25, 0.3) is 0 Å². The molecule has 0 heterocycles. The molecule has 1 rings (SSSR count). The Balaban J connectivity index is 3.59. The first kappa shape index (κ1) is 17.9. The van der Waals surface area contributed by atoms with Crippen LogP contribution in [0, 0.1) is 0 Å². The molecule has 8 heteroatoms. The molecule has 0 amide bonds. The summed E-state index contributed by atoms with van der Waals surface area (Å²) >= 11 is 0. The Morgan fingerprint density at radius 3 is 2.05 bits per heavy atom. The Kier molecular flexibility index (Phi) is 5.07. The maximum absolute atomic E-state index is 12.5. The van der Waals surface area contributed by atoms with Gasteiger partial charge in [-0.3, -0.25) is 0 Å². The number of benzene rings is 1. The van der Waals surface area contributed by atoms with Crippen LogP contribution in [0.15, 0.2) is 28.0 Å². The van der Waals surface area contributed by atoms with E-state index in [9.17, 15) is 16.8 Å². The van der Waals surface area contributed by atoms with Crippen LogP contribution in [0.5, 0.6) is 0 Å². The van der Waals surface area contributed by atoms with Crippen LogP contribution in [-0.4, -0.2) is 35.2 Å². The number of hydrogen-bond acceptors (Lipinski definition) is 5. The molecule has 0 atom stereocenters. The van der Waals surface area contributed by atoms with Crippen molar-refractivity contribution in [2.75, 3.05) is 18.1 Å². The quantitative estimate of drug-likeness (QED) is 0.853. The summed E-state index contributed by atoms with van der Waals surface area (Å²) in [6, 6.07) is 4.19. The smallest absolute Gasteiger partial charge is 0.242 e. The van der Waals surface area contributed by atoms with Crippen molar-refractivity contribution in [3.63, 3.8) is 0 Å². The lowest BCUT2D eigenvalue weighted by molar-refractivity contribution is 0.490. The third-order valence-corrected chi connectivity index (χ3v) is 6.39. The lowest BCUT2D eigenvalue weighted by Crippen LogP contribution is -2.41. The van der Waals surface area contributed by atoms with Crippen LogP contribution < -0.4 is 10.0 Å². The summed E-state index contributed by atoms with van der Waals surface area (Å²) < 4.78 is 51.7. The summed E-state index contributed by atoms with van der Waals surface area (Å²) in [5, 5.41) is 2.81. The summed E-state index contributed by atoms with van der Waals surface area (Å²) in [6.45, 7) is 6.57. The van der Waals surface area contributed by atoms with Crippen molar-refractivity contribution in [3.8, 4) is 0 Å². The van der Waals surface area contributed by atoms with Crippen molar-refractivity contribution in [2.24, 2.45) is 0 Å². The molecular formula is C13H22N2O4S2. The van der Waals surface area contributed by atoms with Gasteiger partial charge in [-0.1, -0.05) is 6.92 Å². The van der Waals surface area contributed by atoms with Gasteiger partial charge >= 0.3 is 0 Å². The molecule has 0 fully saturated rings. The van der Waals surface area contributed by atoms with E-state index in [1.807, 2.05) is 0 Å². The zero-order valence-corrected chi connectivity index (χ0v) is 14.5. The molecule has 0 aliphatic heterocycles. The van der Waals surface area contributed by atoms with E-state index in [1.54, 1.807) is 33.9 Å². The van der Waals surface area contributed by atoms with Gasteiger partial charge < -0.3 is 5.32 Å². The van der Waals surface area contributed by atoms with Crippen LogP contribution in [0.4, 0.5) is 5.69 Å². The predicted octanol–water partition coefficient (Wildman–Crippen LogP) is 1.60. The second-order valence-electron chi connectivity index (χ2n) is 5.67. The average Bonchev–Trinajstić information content (AvgIpc) is 2.35. The molecule has 0 saturated heterocycles. The first-order chi connectivity index (χ1) is 9.43. The van der Waals surface area contributed by atoms with Crippen molar-refractivity contribution >= 4 is 25.5 Å². The minimum Gasteiger partial charge on any atom is -0.388 e. The fourth-order valence-corrected chi connectivity index (χ4v) is 4.94. The highest BCUT2D eigenvalue weighted by Gasteiger charge is 2.29. The van der Waals surface area contributed by atoms with Gasteiger partial charge in [-0.15, -0.1) is 0 Å². The molecule has 120 valence electrons. The fraction of sp³-hybridized carbons (Fsp3) is 0.538. The molecule has 0 aromatic heterocycles. The zero-order valence-electron chi connectivity index (χ0n) is 12.9. The molecule has 0 unspecified atom stereocenters. The highest BCUT2D eigenvalue weighted by Crippen LogP contribution is 2.26. The van der Waals surface area contributed by atoms with Crippen LogP contribution in [0.25, 0.3) is 0 Å². The predicted molar refractivity (Wildman–Crippen MR) is 83.8 cm³/mol. The lowest BCUT2D eigenvalue weighted by atomic mass is 10.1. The van der Waals surface area contributed by atoms with Gasteiger partial charge in [-0.05, 0) is 39.0 Å². The monoisotopic (exact) mass is 334 g/mol. The maximum atomic E-state index is 12.5. The summed E-state index contributed by atoms with van der Waals surface area (Å²) in [7, 11) is -5.95. The Hall–Kier alpha value is -1.12. The van der Waals surface area contributed by atoms with E-state index in [0.717, 1.165) is 0 Å². The fourth-order valence-electron chi connectivity index (χ4n) is 1.74. The number of hydrogen-bond donors (Lipinski definition) is 2. The minimum atomic E-state index is -3.94. The highest BCUT2D eigenvalue weighted by atomic mass is 32.2. The summed E-state index contributed by atoms with van der Waals surface area (Å²) in [5.74, 6) is -0.163. The van der Waals surface area contributed by atoms with E-state index >= 15 is 0 Å². The standard InChI is InChI=1S/C13H22N2O4S2/c1-6-20(16,17)11-8-7-10(14-5)9-12(11)21(18,19)15-13(2,3)4/h7-9,14-15H,6H2,1-5H3. The van der Waals surface area contributed by atoms with Crippen LogP contribution in [-0.2, 0) is 19.9 Å². The topological polar surface area (TPSA) is 92.3 Å². The molecule has 0 aliphatic rings. The summed E-state index contributed by atoms with van der Waals surface area (Å²) in [5.41, 5.74) is -0.179. The van der Waals surface area contributed by atoms with Crippen LogP contribution >= 0.6 is 0 Å². The van der Waals surface area contributed by atoms with Gasteiger partial charge in [-0.2, -0.15) is 0 Å². The number of sulfonamides is 1. The molecule has 0 radical (unpaired) electrons. The second-order valence-corrected chi connectivity index (χ2v) is 9.57. The van der Waals surface area contributed by atoms with E-state index in [4.69, 9.17) is 0 Å². The normalized spacial score (nSPS) is 13.2. The lowest BCUT2D eigenvalue weighted by Gasteiger charge is -2.22. The highest BCUT2D eigenvalue weighted by molar-refractivity contribution is 7.93. The van der Waals surface area contributed by atoms with Gasteiger partial charge in [0.2, 0.25) is 10.0 Å². The molecule has 21 heavy (non-hydrogen) atoms. The minimum absolute atomic E-state index is 0.163. The van der Waals surface area contributed by atoms with Gasteiger partial charge in [0.1, 0.15) is 4.90 Å². The van der Waals surface area contributed by atoms with E-state index in [-0.39, 0.29) is 15.5 Å². The van der Waals surface area contributed by atoms with E-state index in [2.05, 4.69) is 10.0 Å². The van der Waals surface area contributed by atoms with Gasteiger partial charge in [0.05, 0.1) is 10.6 Å². The summed E-state index contributed by atoms with van der Waals surface area (Å²) in [4.78, 5) is -0.410. The number of sulfone groups is 1. The molecule has 6 nitrogen and oxygen atoms in total. The van der Waals surface area contributed by atoms with Crippen LogP contribution in [0.3, 0.4) is 0 Å². The number of rotatable bonds is 5. The first-order valence-electron chi connectivity index (χ1n) is 6.51. The van der Waals surface area contributed by atoms with Crippen molar-refractivity contribution in [3.05, 3.63) is 18.2 Å². The Labute approximate surface area is 126 Å². The molecule has 0 bridgehead atoms. The van der Waals surface area contributed by atoms with E-state index < -0.39 is 25.4 Å². The molecular weight excluding hydrogens is 312 g/mol. The summed E-state index contributed by atoms with van der Waals surface area (Å²) in [6.07, 6.45) is 0. The molecule has 1 aromatic carbocycles. The molecule has 0 saturated carbocycles. The largest absolute Gasteiger partial charge is 0.388 e. The van der Waals surface area contributed by atoms with Crippen LogP contribution in [0.1, 0.15) is 27.7 Å². The molecule has 0 spiro atoms. The SMILES string of the molecule is CCS(=O)(=O)c1ccc(NC)cc1S(=O)(=O)NC(C)(C)C. The average molecular weight is 334 g/mol. The molecule has 1 aromatic rings. The maximum Gasteiger partial charge on any atom is 0.242 e. The van der Waals surface area contributed by atoms with Gasteiger partial charge in [0, 0.05) is 18.3 Å². The Morgan fingerprint density at radius 2 is 1.62 bits per heavy atom. The molecule has 2 N–H and O–H groups in total. The third-order valence-electron chi connectivity index (χ3n) is 2.68. The van der Waals surface area contributed by atoms with Gasteiger partial charge in [-0.25, -0.2) is 21.6 Å². The Bertz CT molecular complexity index is 717. The number of nitrogens with one attached hydrogen (secondary N) is 2. The second kappa shape index (κ2) is 5.94. The number of anilines is 1. The van der Waals surface area contributed by atoms with Crippen molar-refractivity contribution in [1.82, 2.24) is 4.72 Å². The van der Waals surface area contributed by atoms with E-state index in [0.29, 0.717) is 5.69 Å². The van der Waals surface area contributed by atoms with Crippen molar-refractivity contribution < 1.29 is 16.8 Å². The van der Waals surface area contributed by atoms with Gasteiger partial charge in [0.15, 0.2) is 9.84 Å². The van der Waals surface area contributed by atoms with Crippen molar-refractivity contribution in [2.45, 2.75) is 43.0 Å². The van der Waals surface area contributed by atoms with Crippen molar-refractivity contribution in [1.29, 1.82) is 0 Å². The zero-order chi connectivity index (χ0) is 16.5. The Morgan fingerprint density at radius 1 is 1.05 bits per heavy atom. The third kappa shape index (κ3) is 4.42. The molecule has 0 aliphatic carbocycles. The van der Waals surface area contributed by atoms with E-state index in [1.165, 1.54) is 19.1 Å². The first-order valence-corrected chi connectivity index (χ1v) is 9.65. The van der Waals surface area contributed by atoms with Crippen LogP contribution in [0.2, 0.25) is 0 Å².